The Hall–Kier alpha value is -1.94. The molecule has 0 fully saturated rings. The van der Waals surface area contributed by atoms with Gasteiger partial charge in [-0.3, -0.25) is 9.99 Å². The van der Waals surface area contributed by atoms with Crippen molar-refractivity contribution in [2.45, 2.75) is 20.4 Å². The zero-order valence-electron chi connectivity index (χ0n) is 10.1. The van der Waals surface area contributed by atoms with Crippen molar-refractivity contribution in [3.8, 4) is 0 Å². The molecule has 2 N–H and O–H groups in total. The molecule has 0 aliphatic carbocycles. The summed E-state index contributed by atoms with van der Waals surface area (Å²) in [6, 6.07) is 10.1. The number of nitrogens with zero attached hydrogens (tertiary/aromatic N) is 3. The molecule has 0 radical (unpaired) electrons. The van der Waals surface area contributed by atoms with Gasteiger partial charge in [0.05, 0.1) is 17.9 Å². The monoisotopic (exact) mass is 228 g/mol. The van der Waals surface area contributed by atoms with Crippen LogP contribution in [0.4, 0.5) is 5.82 Å². The van der Waals surface area contributed by atoms with E-state index in [9.17, 15) is 0 Å². The van der Waals surface area contributed by atoms with Crippen LogP contribution in [0.3, 0.4) is 0 Å². The lowest BCUT2D eigenvalue weighted by Gasteiger charge is -2.19. The zero-order valence-corrected chi connectivity index (χ0v) is 10.1. The lowest BCUT2D eigenvalue weighted by atomic mass is 10.2. The van der Waals surface area contributed by atoms with Crippen molar-refractivity contribution in [3.05, 3.63) is 53.5 Å². The van der Waals surface area contributed by atoms with Crippen LogP contribution >= 0.6 is 0 Å². The fourth-order valence-corrected chi connectivity index (χ4v) is 1.65. The Bertz CT molecular complexity index is 496. The molecule has 4 nitrogen and oxygen atoms in total. The quantitative estimate of drug-likeness (QED) is 0.644. The summed E-state index contributed by atoms with van der Waals surface area (Å²) in [7, 11) is 0. The number of aromatic nitrogens is 2. The van der Waals surface area contributed by atoms with E-state index in [2.05, 4.69) is 9.97 Å². The van der Waals surface area contributed by atoms with E-state index in [1.54, 1.807) is 11.2 Å². The van der Waals surface area contributed by atoms with Crippen LogP contribution in [0.5, 0.6) is 0 Å². The third kappa shape index (κ3) is 2.79. The van der Waals surface area contributed by atoms with E-state index in [0.717, 1.165) is 22.8 Å². The number of anilines is 1. The van der Waals surface area contributed by atoms with Gasteiger partial charge in [-0.25, -0.2) is 10.8 Å². The Morgan fingerprint density at radius 3 is 2.59 bits per heavy atom. The van der Waals surface area contributed by atoms with Crippen LogP contribution in [-0.2, 0) is 6.54 Å². The number of aryl methyl sites for hydroxylation is 2. The first kappa shape index (κ1) is 11.5. The summed E-state index contributed by atoms with van der Waals surface area (Å²) in [5.41, 5.74) is 2.86. The predicted octanol–water partition coefficient (Wildman–Crippen LogP) is 1.97. The summed E-state index contributed by atoms with van der Waals surface area (Å²) >= 11 is 0. The number of rotatable bonds is 3. The molecule has 0 saturated carbocycles. The maximum atomic E-state index is 6.03. The predicted molar refractivity (Wildman–Crippen MR) is 68.3 cm³/mol. The van der Waals surface area contributed by atoms with Gasteiger partial charge in [0, 0.05) is 6.20 Å². The molecule has 0 aliphatic rings. The number of benzene rings is 1. The van der Waals surface area contributed by atoms with Gasteiger partial charge in [-0.2, -0.15) is 0 Å². The van der Waals surface area contributed by atoms with Crippen LogP contribution in [0, 0.1) is 13.8 Å². The second-order valence-corrected chi connectivity index (χ2v) is 4.03. The van der Waals surface area contributed by atoms with Gasteiger partial charge in [-0.1, -0.05) is 30.3 Å². The second kappa shape index (κ2) is 4.93. The molecule has 2 rings (SSSR count). The average Bonchev–Trinajstić information content (AvgIpc) is 2.33. The minimum absolute atomic E-state index is 0.625. The highest BCUT2D eigenvalue weighted by molar-refractivity contribution is 5.42. The number of hydrogen-bond acceptors (Lipinski definition) is 4. The Kier molecular flexibility index (Phi) is 3.35. The first-order valence-corrected chi connectivity index (χ1v) is 5.53. The molecule has 0 unspecified atom stereocenters. The molecular weight excluding hydrogens is 212 g/mol. The maximum Gasteiger partial charge on any atom is 0.164 e. The molecule has 4 heteroatoms. The van der Waals surface area contributed by atoms with E-state index in [1.165, 1.54) is 0 Å². The minimum Gasteiger partial charge on any atom is -0.289 e. The van der Waals surface area contributed by atoms with Gasteiger partial charge in [-0.15, -0.1) is 0 Å². The van der Waals surface area contributed by atoms with Crippen LogP contribution in [0.1, 0.15) is 17.0 Å². The molecule has 0 bridgehead atoms. The molecule has 88 valence electrons. The summed E-state index contributed by atoms with van der Waals surface area (Å²) in [6.45, 7) is 4.44. The van der Waals surface area contributed by atoms with E-state index < -0.39 is 0 Å². The standard InChI is InChI=1S/C13H16N4/c1-10-8-15-11(2)13(16-10)17(14)9-12-6-4-3-5-7-12/h3-8H,9,14H2,1-2H3. The van der Waals surface area contributed by atoms with Crippen molar-refractivity contribution in [2.24, 2.45) is 5.84 Å². The van der Waals surface area contributed by atoms with E-state index in [-0.39, 0.29) is 0 Å². The van der Waals surface area contributed by atoms with Gasteiger partial charge < -0.3 is 0 Å². The molecule has 0 aliphatic heterocycles. The molecule has 0 spiro atoms. The Morgan fingerprint density at radius 2 is 1.88 bits per heavy atom. The van der Waals surface area contributed by atoms with E-state index in [4.69, 9.17) is 5.84 Å². The topological polar surface area (TPSA) is 55.0 Å². The van der Waals surface area contributed by atoms with E-state index in [1.807, 2.05) is 44.2 Å². The Labute approximate surface area is 101 Å². The summed E-state index contributed by atoms with van der Waals surface area (Å²) in [4.78, 5) is 8.66. The Balaban J connectivity index is 2.20. The molecule has 17 heavy (non-hydrogen) atoms. The number of hydrazine groups is 1. The van der Waals surface area contributed by atoms with Crippen molar-refractivity contribution in [3.63, 3.8) is 0 Å². The number of nitrogens with two attached hydrogens (primary N) is 1. The van der Waals surface area contributed by atoms with Crippen molar-refractivity contribution in [1.29, 1.82) is 0 Å². The molecule has 0 amide bonds. The third-order valence-corrected chi connectivity index (χ3v) is 2.52. The van der Waals surface area contributed by atoms with Crippen LogP contribution in [0.2, 0.25) is 0 Å². The lowest BCUT2D eigenvalue weighted by Crippen LogP contribution is -2.32. The third-order valence-electron chi connectivity index (χ3n) is 2.52. The maximum absolute atomic E-state index is 6.03. The Morgan fingerprint density at radius 1 is 1.18 bits per heavy atom. The summed E-state index contributed by atoms with van der Waals surface area (Å²) < 4.78 is 0. The van der Waals surface area contributed by atoms with Crippen molar-refractivity contribution >= 4 is 5.82 Å². The largest absolute Gasteiger partial charge is 0.289 e. The number of hydrogen-bond donors (Lipinski definition) is 1. The fraction of sp³-hybridized carbons (Fsp3) is 0.231. The van der Waals surface area contributed by atoms with Crippen LogP contribution in [0.15, 0.2) is 36.5 Å². The lowest BCUT2D eigenvalue weighted by molar-refractivity contribution is 0.812. The summed E-state index contributed by atoms with van der Waals surface area (Å²) in [5, 5.41) is 1.63. The first-order chi connectivity index (χ1) is 8.16. The highest BCUT2D eigenvalue weighted by Crippen LogP contribution is 2.14. The average molecular weight is 228 g/mol. The van der Waals surface area contributed by atoms with Crippen molar-refractivity contribution in [2.75, 3.05) is 5.01 Å². The molecule has 2 aromatic rings. The minimum atomic E-state index is 0.625. The summed E-state index contributed by atoms with van der Waals surface area (Å²) in [6.07, 6.45) is 1.75. The second-order valence-electron chi connectivity index (χ2n) is 4.03. The smallest absolute Gasteiger partial charge is 0.164 e. The van der Waals surface area contributed by atoms with Gasteiger partial charge in [0.1, 0.15) is 0 Å². The van der Waals surface area contributed by atoms with Crippen LogP contribution < -0.4 is 10.9 Å². The van der Waals surface area contributed by atoms with Crippen LogP contribution in [0.25, 0.3) is 0 Å². The molecule has 1 aromatic heterocycles. The molecule has 1 aromatic carbocycles. The fourth-order valence-electron chi connectivity index (χ4n) is 1.65. The normalized spacial score (nSPS) is 10.3. The molecular formula is C13H16N4. The van der Waals surface area contributed by atoms with Gasteiger partial charge in [-0.05, 0) is 19.4 Å². The SMILES string of the molecule is Cc1cnc(C)c(N(N)Cc2ccccc2)n1. The van der Waals surface area contributed by atoms with Gasteiger partial charge in [0.15, 0.2) is 5.82 Å². The molecule has 0 atom stereocenters. The van der Waals surface area contributed by atoms with Crippen molar-refractivity contribution in [1.82, 2.24) is 9.97 Å². The highest BCUT2D eigenvalue weighted by Gasteiger charge is 2.08. The van der Waals surface area contributed by atoms with Gasteiger partial charge in [0.2, 0.25) is 0 Å². The molecule has 1 heterocycles. The van der Waals surface area contributed by atoms with Gasteiger partial charge >= 0.3 is 0 Å². The van der Waals surface area contributed by atoms with Gasteiger partial charge in [0.25, 0.3) is 0 Å². The summed E-state index contributed by atoms with van der Waals surface area (Å²) in [5.74, 6) is 6.76. The highest BCUT2D eigenvalue weighted by atomic mass is 15.4. The zero-order chi connectivity index (χ0) is 12.3. The van der Waals surface area contributed by atoms with E-state index >= 15 is 0 Å². The van der Waals surface area contributed by atoms with Crippen LogP contribution in [-0.4, -0.2) is 9.97 Å². The first-order valence-electron chi connectivity index (χ1n) is 5.53. The van der Waals surface area contributed by atoms with E-state index in [0.29, 0.717) is 6.54 Å². The molecule has 0 saturated heterocycles. The van der Waals surface area contributed by atoms with Crippen molar-refractivity contribution < 1.29 is 0 Å².